The zero-order valence-corrected chi connectivity index (χ0v) is 6.50. The first-order valence-electron chi connectivity index (χ1n) is 3.15. The minimum absolute atomic E-state index is 0.0602. The maximum absolute atomic E-state index is 10.9. The predicted octanol–water partition coefficient (Wildman–Crippen LogP) is -0.726. The highest BCUT2D eigenvalue weighted by Gasteiger charge is 2.19. The quantitative estimate of drug-likeness (QED) is 0.562. The summed E-state index contributed by atoms with van der Waals surface area (Å²) in [6.45, 7) is 0.350. The van der Waals surface area contributed by atoms with Gasteiger partial charge in [0.05, 0.1) is 12.2 Å². The Labute approximate surface area is 64.1 Å². The molecule has 0 atom stereocenters. The van der Waals surface area contributed by atoms with Crippen molar-refractivity contribution in [1.82, 2.24) is 14.5 Å². The second kappa shape index (κ2) is 2.05. The fraction of sp³-hybridized carbons (Fsp3) is 0.400. The van der Waals surface area contributed by atoms with Crippen molar-refractivity contribution in [3.8, 4) is 0 Å². The molecule has 2 rings (SSSR count). The molecule has 0 radical (unpaired) electrons. The average molecular weight is 173 g/mol. The number of aromatic nitrogens is 2. The molecule has 1 aliphatic rings. The Morgan fingerprint density at radius 2 is 2.45 bits per heavy atom. The molecule has 5 nitrogen and oxygen atoms in total. The van der Waals surface area contributed by atoms with Crippen molar-refractivity contribution in [2.24, 2.45) is 0 Å². The van der Waals surface area contributed by atoms with E-state index in [1.54, 1.807) is 12.3 Å². The molecule has 0 spiro atoms. The van der Waals surface area contributed by atoms with Crippen LogP contribution in [0.15, 0.2) is 12.3 Å². The summed E-state index contributed by atoms with van der Waals surface area (Å²) in [5, 5.41) is 3.85. The number of nitrogens with one attached hydrogen (secondary N) is 1. The summed E-state index contributed by atoms with van der Waals surface area (Å²) in [4.78, 5) is 0. The van der Waals surface area contributed by atoms with Crippen molar-refractivity contribution in [2.45, 2.75) is 12.4 Å². The van der Waals surface area contributed by atoms with Crippen molar-refractivity contribution in [3.05, 3.63) is 18.0 Å². The summed E-state index contributed by atoms with van der Waals surface area (Å²) in [5.41, 5.74) is 0.903. The number of sulfonamides is 1. The summed E-state index contributed by atoms with van der Waals surface area (Å²) in [6.07, 6.45) is 1.60. The van der Waals surface area contributed by atoms with Gasteiger partial charge < -0.3 is 0 Å². The molecule has 0 bridgehead atoms. The number of nitrogens with zero attached hydrogens (tertiary/aromatic N) is 2. The van der Waals surface area contributed by atoms with E-state index in [9.17, 15) is 8.42 Å². The maximum atomic E-state index is 10.9. The van der Waals surface area contributed by atoms with Crippen LogP contribution in [0.4, 0.5) is 0 Å². The molecule has 0 aromatic carbocycles. The summed E-state index contributed by atoms with van der Waals surface area (Å²) in [6, 6.07) is 1.79. The monoisotopic (exact) mass is 173 g/mol. The lowest BCUT2D eigenvalue weighted by Gasteiger charge is -2.14. The lowest BCUT2D eigenvalue weighted by molar-refractivity contribution is 0.534. The molecule has 0 unspecified atom stereocenters. The first-order chi connectivity index (χ1) is 5.17. The fourth-order valence-corrected chi connectivity index (χ4v) is 2.03. The third-order valence-corrected chi connectivity index (χ3v) is 2.74. The normalized spacial score (nSPS) is 21.1. The van der Waals surface area contributed by atoms with Crippen LogP contribution < -0.4 is 4.72 Å². The first kappa shape index (κ1) is 6.81. The van der Waals surface area contributed by atoms with E-state index in [0.717, 1.165) is 5.69 Å². The van der Waals surface area contributed by atoms with E-state index in [-0.39, 0.29) is 5.88 Å². The first-order valence-corrected chi connectivity index (χ1v) is 4.81. The SMILES string of the molecule is O=S1(=O)Cn2nccc2CN1. The molecule has 60 valence electrons. The van der Waals surface area contributed by atoms with Gasteiger partial charge in [-0.2, -0.15) is 5.10 Å². The van der Waals surface area contributed by atoms with Gasteiger partial charge >= 0.3 is 0 Å². The summed E-state index contributed by atoms with van der Waals surface area (Å²) in [7, 11) is -3.12. The van der Waals surface area contributed by atoms with Crippen LogP contribution in [0.5, 0.6) is 0 Å². The third kappa shape index (κ3) is 1.14. The molecule has 6 heteroatoms. The topological polar surface area (TPSA) is 64.0 Å². The Morgan fingerprint density at radius 1 is 1.64 bits per heavy atom. The highest BCUT2D eigenvalue weighted by Crippen LogP contribution is 2.06. The molecule has 1 N–H and O–H groups in total. The van der Waals surface area contributed by atoms with Gasteiger partial charge in [-0.05, 0) is 6.07 Å². The van der Waals surface area contributed by atoms with Crippen LogP contribution in [0.2, 0.25) is 0 Å². The van der Waals surface area contributed by atoms with Gasteiger partial charge in [-0.15, -0.1) is 0 Å². The van der Waals surface area contributed by atoms with Gasteiger partial charge in [0.15, 0.2) is 5.88 Å². The Bertz CT molecular complexity index is 367. The predicted molar refractivity (Wildman–Crippen MR) is 38.0 cm³/mol. The Morgan fingerprint density at radius 3 is 3.27 bits per heavy atom. The largest absolute Gasteiger partial charge is 0.252 e. The van der Waals surface area contributed by atoms with E-state index < -0.39 is 10.0 Å². The molecule has 1 aromatic rings. The minimum atomic E-state index is -3.12. The molecule has 0 fully saturated rings. The van der Waals surface area contributed by atoms with Crippen LogP contribution in [-0.2, 0) is 22.4 Å². The standard InChI is InChI=1S/C5H7N3O2S/c9-11(10)4-8-5(3-7-11)1-2-6-8/h1-2,7H,3-4H2. The number of hydrogen-bond acceptors (Lipinski definition) is 3. The molecule has 1 aromatic heterocycles. The molecule has 1 aliphatic heterocycles. The molecular formula is C5H7N3O2S. The van der Waals surface area contributed by atoms with Crippen molar-refractivity contribution in [1.29, 1.82) is 0 Å². The molecule has 0 aliphatic carbocycles. The average Bonchev–Trinajstić information content (AvgIpc) is 2.31. The van der Waals surface area contributed by atoms with Crippen LogP contribution in [0.1, 0.15) is 5.69 Å². The summed E-state index contributed by atoms with van der Waals surface area (Å²) >= 11 is 0. The highest BCUT2D eigenvalue weighted by molar-refractivity contribution is 7.88. The van der Waals surface area contributed by atoms with Gasteiger partial charge in [-0.3, -0.25) is 4.68 Å². The van der Waals surface area contributed by atoms with Gasteiger partial charge in [0.25, 0.3) is 0 Å². The molecule has 11 heavy (non-hydrogen) atoms. The van der Waals surface area contributed by atoms with Crippen molar-refractivity contribution in [2.75, 3.05) is 0 Å². The van der Waals surface area contributed by atoms with Crippen LogP contribution in [-0.4, -0.2) is 18.2 Å². The van der Waals surface area contributed by atoms with E-state index in [1.165, 1.54) is 4.68 Å². The third-order valence-electron chi connectivity index (χ3n) is 1.57. The van der Waals surface area contributed by atoms with E-state index in [2.05, 4.69) is 9.82 Å². The summed E-state index contributed by atoms with van der Waals surface area (Å²) < 4.78 is 25.8. The fourth-order valence-electron chi connectivity index (χ4n) is 1.02. The maximum Gasteiger partial charge on any atom is 0.232 e. The molecule has 0 saturated heterocycles. The van der Waals surface area contributed by atoms with Crippen LogP contribution in [0, 0.1) is 0 Å². The van der Waals surface area contributed by atoms with Crippen LogP contribution in [0.3, 0.4) is 0 Å². The van der Waals surface area contributed by atoms with Crippen molar-refractivity contribution >= 4 is 10.0 Å². The van der Waals surface area contributed by atoms with Gasteiger partial charge in [0.2, 0.25) is 10.0 Å². The smallest absolute Gasteiger partial charge is 0.232 e. The molecule has 0 saturated carbocycles. The lowest BCUT2D eigenvalue weighted by atomic mass is 10.4. The molecule has 0 amide bonds. The molecule has 2 heterocycles. The van der Waals surface area contributed by atoms with E-state index >= 15 is 0 Å². The lowest BCUT2D eigenvalue weighted by Crippen LogP contribution is -2.34. The Balaban J connectivity index is 2.47. The minimum Gasteiger partial charge on any atom is -0.252 e. The van der Waals surface area contributed by atoms with Gasteiger partial charge in [-0.25, -0.2) is 13.1 Å². The van der Waals surface area contributed by atoms with E-state index in [1.807, 2.05) is 0 Å². The van der Waals surface area contributed by atoms with Crippen LogP contribution >= 0.6 is 0 Å². The highest BCUT2D eigenvalue weighted by atomic mass is 32.2. The van der Waals surface area contributed by atoms with Gasteiger partial charge in [-0.1, -0.05) is 0 Å². The number of hydrogen-bond donors (Lipinski definition) is 1. The zero-order valence-electron chi connectivity index (χ0n) is 5.69. The van der Waals surface area contributed by atoms with Gasteiger partial charge in [0.1, 0.15) is 0 Å². The second-order valence-corrected chi connectivity index (χ2v) is 4.16. The van der Waals surface area contributed by atoms with E-state index in [0.29, 0.717) is 6.54 Å². The van der Waals surface area contributed by atoms with Crippen molar-refractivity contribution < 1.29 is 8.42 Å². The molecular weight excluding hydrogens is 166 g/mol. The Kier molecular flexibility index (Phi) is 1.27. The zero-order chi connectivity index (χ0) is 7.90. The van der Waals surface area contributed by atoms with Crippen LogP contribution in [0.25, 0.3) is 0 Å². The Hall–Kier alpha value is -0.880. The summed E-state index contributed by atoms with van der Waals surface area (Å²) in [5.74, 6) is -0.0602. The van der Waals surface area contributed by atoms with Gasteiger partial charge in [0, 0.05) is 6.20 Å². The van der Waals surface area contributed by atoms with Crippen molar-refractivity contribution in [3.63, 3.8) is 0 Å². The second-order valence-electron chi connectivity index (χ2n) is 2.39. The number of fused-ring (bicyclic) bond motifs is 1. The number of rotatable bonds is 0. The van der Waals surface area contributed by atoms with E-state index in [4.69, 9.17) is 0 Å².